The minimum atomic E-state index is -4.93. The number of rotatable bonds is 4. The first-order valence-corrected chi connectivity index (χ1v) is 10.8. The number of anilines is 1. The SMILES string of the molecule is Cc1cc(/C(O)=C2\C(=O)C(=O)N(c3cccc(OC(F)(F)F)c3)C2c2ccccc2)ccc1Br. The molecule has 1 atom stereocenters. The highest BCUT2D eigenvalue weighted by Crippen LogP contribution is 2.43. The number of ketones is 1. The summed E-state index contributed by atoms with van der Waals surface area (Å²) >= 11 is 3.38. The third-order valence-corrected chi connectivity index (χ3v) is 6.21. The Morgan fingerprint density at radius 3 is 2.35 bits per heavy atom. The van der Waals surface area contributed by atoms with Gasteiger partial charge in [0.1, 0.15) is 11.5 Å². The fraction of sp³-hybridized carbons (Fsp3) is 0.120. The predicted octanol–water partition coefficient (Wildman–Crippen LogP) is 6.28. The first kappa shape index (κ1) is 23.6. The number of alkyl halides is 3. The first-order valence-electron chi connectivity index (χ1n) is 10.0. The summed E-state index contributed by atoms with van der Waals surface area (Å²) < 4.78 is 43.0. The van der Waals surface area contributed by atoms with Crippen LogP contribution < -0.4 is 9.64 Å². The van der Waals surface area contributed by atoms with E-state index in [0.29, 0.717) is 11.1 Å². The Hall–Kier alpha value is -3.59. The van der Waals surface area contributed by atoms with Crippen LogP contribution >= 0.6 is 15.9 Å². The average molecular weight is 532 g/mol. The molecule has 1 aliphatic rings. The van der Waals surface area contributed by atoms with E-state index >= 15 is 0 Å². The Kier molecular flexibility index (Phi) is 6.22. The van der Waals surface area contributed by atoms with Crippen LogP contribution in [-0.2, 0) is 9.59 Å². The van der Waals surface area contributed by atoms with E-state index in [1.807, 2.05) is 0 Å². The normalized spacial score (nSPS) is 17.8. The van der Waals surface area contributed by atoms with E-state index in [1.54, 1.807) is 55.5 Å². The quantitative estimate of drug-likeness (QED) is 0.244. The smallest absolute Gasteiger partial charge is 0.507 e. The molecule has 1 aliphatic heterocycles. The number of aryl methyl sites for hydroxylation is 1. The van der Waals surface area contributed by atoms with Crippen molar-refractivity contribution < 1.29 is 32.6 Å². The molecule has 1 amide bonds. The summed E-state index contributed by atoms with van der Waals surface area (Å²) in [6.45, 7) is 1.81. The first-order chi connectivity index (χ1) is 16.1. The van der Waals surface area contributed by atoms with Crippen LogP contribution in [0.4, 0.5) is 18.9 Å². The maximum atomic E-state index is 13.1. The van der Waals surface area contributed by atoms with Crippen molar-refractivity contribution in [3.05, 3.63) is 99.5 Å². The zero-order valence-electron chi connectivity index (χ0n) is 17.6. The highest BCUT2D eigenvalue weighted by Gasteiger charge is 2.47. The number of hydrogen-bond acceptors (Lipinski definition) is 4. The molecular weight excluding hydrogens is 515 g/mol. The van der Waals surface area contributed by atoms with Crippen molar-refractivity contribution in [1.82, 2.24) is 0 Å². The van der Waals surface area contributed by atoms with Crippen LogP contribution in [0, 0.1) is 6.92 Å². The minimum Gasteiger partial charge on any atom is -0.507 e. The molecule has 0 saturated carbocycles. The van der Waals surface area contributed by atoms with Crippen molar-refractivity contribution in [3.8, 4) is 5.75 Å². The lowest BCUT2D eigenvalue weighted by atomic mass is 9.95. The summed E-state index contributed by atoms with van der Waals surface area (Å²) in [6.07, 6.45) is -4.93. The topological polar surface area (TPSA) is 66.8 Å². The molecular formula is C25H17BrF3NO4. The third kappa shape index (κ3) is 4.56. The Balaban J connectivity index is 1.90. The molecule has 1 saturated heterocycles. The number of carbonyl (C=O) groups is 2. The van der Waals surface area contributed by atoms with Crippen molar-refractivity contribution in [2.75, 3.05) is 4.90 Å². The average Bonchev–Trinajstić information content (AvgIpc) is 3.05. The number of aliphatic hydroxyl groups is 1. The van der Waals surface area contributed by atoms with Crippen LogP contribution in [0.1, 0.15) is 22.7 Å². The number of amides is 1. The second kappa shape index (κ2) is 8.98. The number of benzene rings is 3. The summed E-state index contributed by atoms with van der Waals surface area (Å²) in [5, 5.41) is 11.1. The van der Waals surface area contributed by atoms with Gasteiger partial charge in [-0.05, 0) is 42.3 Å². The van der Waals surface area contributed by atoms with Crippen LogP contribution in [0.5, 0.6) is 5.75 Å². The summed E-state index contributed by atoms with van der Waals surface area (Å²) in [4.78, 5) is 27.3. The lowest BCUT2D eigenvalue weighted by Crippen LogP contribution is -2.29. The molecule has 3 aromatic carbocycles. The zero-order chi connectivity index (χ0) is 24.6. The molecule has 0 radical (unpaired) electrons. The number of hydrogen-bond donors (Lipinski definition) is 1. The lowest BCUT2D eigenvalue weighted by molar-refractivity contribution is -0.274. The molecule has 1 fully saturated rings. The highest BCUT2D eigenvalue weighted by molar-refractivity contribution is 9.10. The van der Waals surface area contributed by atoms with Gasteiger partial charge in [-0.2, -0.15) is 0 Å². The van der Waals surface area contributed by atoms with E-state index in [4.69, 9.17) is 0 Å². The van der Waals surface area contributed by atoms with Crippen LogP contribution in [0.2, 0.25) is 0 Å². The van der Waals surface area contributed by atoms with E-state index < -0.39 is 29.8 Å². The fourth-order valence-corrected chi connectivity index (χ4v) is 4.07. The summed E-state index contributed by atoms with van der Waals surface area (Å²) in [5.74, 6) is -2.85. The van der Waals surface area contributed by atoms with Crippen molar-refractivity contribution in [1.29, 1.82) is 0 Å². The summed E-state index contributed by atoms with van der Waals surface area (Å²) in [5.41, 5.74) is 1.48. The molecule has 0 aliphatic carbocycles. The van der Waals surface area contributed by atoms with Gasteiger partial charge >= 0.3 is 6.36 Å². The van der Waals surface area contributed by atoms with Gasteiger partial charge in [-0.15, -0.1) is 13.2 Å². The molecule has 174 valence electrons. The predicted molar refractivity (Wildman–Crippen MR) is 123 cm³/mol. The third-order valence-electron chi connectivity index (χ3n) is 5.32. The Morgan fingerprint density at radius 1 is 1.00 bits per heavy atom. The van der Waals surface area contributed by atoms with Crippen molar-refractivity contribution >= 4 is 39.1 Å². The van der Waals surface area contributed by atoms with Gasteiger partial charge in [-0.1, -0.05) is 58.4 Å². The Bertz CT molecular complexity index is 1310. The van der Waals surface area contributed by atoms with E-state index in [0.717, 1.165) is 27.1 Å². The van der Waals surface area contributed by atoms with Crippen LogP contribution in [0.3, 0.4) is 0 Å². The number of carbonyl (C=O) groups excluding carboxylic acids is 2. The molecule has 5 nitrogen and oxygen atoms in total. The van der Waals surface area contributed by atoms with Gasteiger partial charge in [0.25, 0.3) is 11.7 Å². The van der Waals surface area contributed by atoms with Crippen LogP contribution in [-0.4, -0.2) is 23.2 Å². The second-order valence-electron chi connectivity index (χ2n) is 7.59. The molecule has 1 unspecified atom stereocenters. The highest BCUT2D eigenvalue weighted by atomic mass is 79.9. The van der Waals surface area contributed by atoms with Gasteiger partial charge in [0.15, 0.2) is 0 Å². The summed E-state index contributed by atoms with van der Waals surface area (Å²) in [6, 6.07) is 17.2. The van der Waals surface area contributed by atoms with Crippen molar-refractivity contribution in [3.63, 3.8) is 0 Å². The van der Waals surface area contributed by atoms with Crippen molar-refractivity contribution in [2.45, 2.75) is 19.3 Å². The van der Waals surface area contributed by atoms with Crippen molar-refractivity contribution in [2.24, 2.45) is 0 Å². The largest absolute Gasteiger partial charge is 0.573 e. The molecule has 0 spiro atoms. The van der Waals surface area contributed by atoms with Gasteiger partial charge < -0.3 is 9.84 Å². The van der Waals surface area contributed by atoms with E-state index in [2.05, 4.69) is 20.7 Å². The van der Waals surface area contributed by atoms with Gasteiger partial charge in [-0.3, -0.25) is 14.5 Å². The Morgan fingerprint density at radius 2 is 1.71 bits per heavy atom. The number of Topliss-reactive ketones (excluding diaryl/α,β-unsaturated/α-hetero) is 1. The van der Waals surface area contributed by atoms with E-state index in [1.165, 1.54) is 12.1 Å². The lowest BCUT2D eigenvalue weighted by Gasteiger charge is -2.26. The molecule has 1 heterocycles. The maximum absolute atomic E-state index is 13.1. The molecule has 34 heavy (non-hydrogen) atoms. The van der Waals surface area contributed by atoms with Crippen LogP contribution in [0.15, 0.2) is 82.8 Å². The fourth-order valence-electron chi connectivity index (χ4n) is 3.83. The van der Waals surface area contributed by atoms with E-state index in [-0.39, 0.29) is 17.0 Å². The zero-order valence-corrected chi connectivity index (χ0v) is 19.2. The number of halogens is 4. The van der Waals surface area contributed by atoms with Gasteiger partial charge in [0.05, 0.1) is 11.6 Å². The number of aliphatic hydroxyl groups excluding tert-OH is 1. The number of ether oxygens (including phenoxy) is 1. The second-order valence-corrected chi connectivity index (χ2v) is 8.44. The standard InChI is InChI=1S/C25H17BrF3NO4/c1-14-12-16(10-11-19(14)26)22(31)20-21(15-6-3-2-4-7-15)30(24(33)23(20)32)17-8-5-9-18(13-17)34-25(27,28)29/h2-13,21,31H,1H3/b22-20+. The minimum absolute atomic E-state index is 0.0174. The molecule has 4 rings (SSSR count). The Labute approximate surface area is 201 Å². The molecule has 1 N–H and O–H groups in total. The maximum Gasteiger partial charge on any atom is 0.573 e. The molecule has 3 aromatic rings. The molecule has 9 heteroatoms. The van der Waals surface area contributed by atoms with Gasteiger partial charge in [0.2, 0.25) is 0 Å². The molecule has 0 aromatic heterocycles. The van der Waals surface area contributed by atoms with Gasteiger partial charge in [0, 0.05) is 21.8 Å². The monoisotopic (exact) mass is 531 g/mol. The molecule has 0 bridgehead atoms. The van der Waals surface area contributed by atoms with E-state index in [9.17, 15) is 27.9 Å². The van der Waals surface area contributed by atoms with Crippen LogP contribution in [0.25, 0.3) is 5.76 Å². The number of nitrogens with zero attached hydrogens (tertiary/aromatic N) is 1. The summed E-state index contributed by atoms with van der Waals surface area (Å²) in [7, 11) is 0. The van der Waals surface area contributed by atoms with Gasteiger partial charge in [-0.25, -0.2) is 0 Å².